The molecule has 1 aliphatic rings. The van der Waals surface area contributed by atoms with Gasteiger partial charge in [0.25, 0.3) is 0 Å². The van der Waals surface area contributed by atoms with Gasteiger partial charge in [-0.25, -0.2) is 0 Å². The average molecular weight is 249 g/mol. The van der Waals surface area contributed by atoms with Crippen LogP contribution in [0.4, 0.5) is 0 Å². The van der Waals surface area contributed by atoms with Gasteiger partial charge in [-0.15, -0.1) is 0 Å². The zero-order chi connectivity index (χ0) is 12.8. The van der Waals surface area contributed by atoms with Crippen LogP contribution in [-0.2, 0) is 13.2 Å². The Kier molecular flexibility index (Phi) is 5.17. The highest BCUT2D eigenvalue weighted by Gasteiger charge is 2.20. The molecule has 1 aliphatic carbocycles. The van der Waals surface area contributed by atoms with Crippen LogP contribution in [0.25, 0.3) is 0 Å². The molecular weight excluding hydrogens is 226 g/mol. The number of aliphatic hydroxyl groups is 2. The van der Waals surface area contributed by atoms with Crippen molar-refractivity contribution in [3.8, 4) is 0 Å². The number of benzene rings is 1. The average Bonchev–Trinajstić information content (AvgIpc) is 2.62. The van der Waals surface area contributed by atoms with Gasteiger partial charge in [0.1, 0.15) is 0 Å². The van der Waals surface area contributed by atoms with Gasteiger partial charge in [0.05, 0.1) is 12.7 Å². The molecule has 1 saturated carbocycles. The van der Waals surface area contributed by atoms with E-state index in [2.05, 4.69) is 5.32 Å². The number of hydrogen-bond donors (Lipinski definition) is 3. The first-order valence-electron chi connectivity index (χ1n) is 6.89. The fourth-order valence-electron chi connectivity index (χ4n) is 2.54. The quantitative estimate of drug-likeness (QED) is 0.715. The zero-order valence-electron chi connectivity index (χ0n) is 10.8. The van der Waals surface area contributed by atoms with E-state index in [9.17, 15) is 5.11 Å². The van der Waals surface area contributed by atoms with E-state index in [1.165, 1.54) is 18.4 Å². The number of rotatable bonds is 4. The first kappa shape index (κ1) is 13.5. The molecule has 2 unspecified atom stereocenters. The molecule has 0 saturated heterocycles. The summed E-state index contributed by atoms with van der Waals surface area (Å²) in [5.74, 6) is 0. The van der Waals surface area contributed by atoms with Crippen molar-refractivity contribution in [2.75, 3.05) is 0 Å². The first-order chi connectivity index (χ1) is 8.79. The lowest BCUT2D eigenvalue weighted by molar-refractivity contribution is 0.119. The Bertz CT molecular complexity index is 350. The van der Waals surface area contributed by atoms with Crippen LogP contribution in [-0.4, -0.2) is 22.4 Å². The second-order valence-electron chi connectivity index (χ2n) is 5.17. The van der Waals surface area contributed by atoms with Crippen LogP contribution in [0.1, 0.15) is 43.2 Å². The molecule has 2 atom stereocenters. The highest BCUT2D eigenvalue weighted by atomic mass is 16.3. The summed E-state index contributed by atoms with van der Waals surface area (Å²) >= 11 is 0. The van der Waals surface area contributed by atoms with Crippen LogP contribution >= 0.6 is 0 Å². The Hall–Kier alpha value is -0.900. The van der Waals surface area contributed by atoms with E-state index in [1.54, 1.807) is 0 Å². The number of nitrogens with one attached hydrogen (secondary N) is 1. The van der Waals surface area contributed by atoms with Gasteiger partial charge in [-0.3, -0.25) is 0 Å². The topological polar surface area (TPSA) is 52.5 Å². The van der Waals surface area contributed by atoms with Crippen molar-refractivity contribution in [3.63, 3.8) is 0 Å². The van der Waals surface area contributed by atoms with Gasteiger partial charge in [0.2, 0.25) is 0 Å². The van der Waals surface area contributed by atoms with Gasteiger partial charge in [0.15, 0.2) is 0 Å². The largest absolute Gasteiger partial charge is 0.392 e. The molecule has 2 rings (SSSR count). The van der Waals surface area contributed by atoms with Crippen LogP contribution < -0.4 is 5.32 Å². The summed E-state index contributed by atoms with van der Waals surface area (Å²) < 4.78 is 0. The molecule has 0 amide bonds. The maximum Gasteiger partial charge on any atom is 0.0693 e. The first-order valence-corrected chi connectivity index (χ1v) is 6.89. The fraction of sp³-hybridized carbons (Fsp3) is 0.600. The lowest BCUT2D eigenvalue weighted by Crippen LogP contribution is -2.38. The third-order valence-electron chi connectivity index (χ3n) is 3.75. The summed E-state index contributed by atoms with van der Waals surface area (Å²) in [5, 5.41) is 22.4. The van der Waals surface area contributed by atoms with Gasteiger partial charge in [-0.2, -0.15) is 0 Å². The van der Waals surface area contributed by atoms with Crippen molar-refractivity contribution in [2.45, 2.75) is 57.4 Å². The molecule has 1 fully saturated rings. The van der Waals surface area contributed by atoms with E-state index in [0.29, 0.717) is 0 Å². The summed E-state index contributed by atoms with van der Waals surface area (Å²) in [6.45, 7) is 0.877. The monoisotopic (exact) mass is 249 g/mol. The standard InChI is InChI=1S/C15H23NO2/c17-11-13-8-6-12(7-9-13)10-16-14-4-2-1-3-5-15(14)18/h6-9,14-18H,1-5,10-11H2. The van der Waals surface area contributed by atoms with Crippen molar-refractivity contribution < 1.29 is 10.2 Å². The minimum Gasteiger partial charge on any atom is -0.392 e. The van der Waals surface area contributed by atoms with Gasteiger partial charge in [0, 0.05) is 12.6 Å². The number of hydrogen-bond acceptors (Lipinski definition) is 3. The van der Waals surface area contributed by atoms with Crippen LogP contribution in [0.15, 0.2) is 24.3 Å². The molecule has 3 nitrogen and oxygen atoms in total. The van der Waals surface area contributed by atoms with E-state index in [0.717, 1.165) is 31.4 Å². The molecule has 18 heavy (non-hydrogen) atoms. The predicted octanol–water partition coefficient (Wildman–Crippen LogP) is 1.96. The Balaban J connectivity index is 1.85. The fourth-order valence-corrected chi connectivity index (χ4v) is 2.54. The van der Waals surface area contributed by atoms with Crippen molar-refractivity contribution in [2.24, 2.45) is 0 Å². The molecule has 0 heterocycles. The molecule has 0 radical (unpaired) electrons. The molecule has 1 aromatic rings. The van der Waals surface area contributed by atoms with Crippen LogP contribution in [0.2, 0.25) is 0 Å². The minimum atomic E-state index is -0.204. The van der Waals surface area contributed by atoms with E-state index in [4.69, 9.17) is 5.11 Å². The van der Waals surface area contributed by atoms with Crippen molar-refractivity contribution in [3.05, 3.63) is 35.4 Å². The van der Waals surface area contributed by atoms with Crippen molar-refractivity contribution in [1.82, 2.24) is 5.32 Å². The van der Waals surface area contributed by atoms with E-state index in [-0.39, 0.29) is 18.8 Å². The van der Waals surface area contributed by atoms with Crippen molar-refractivity contribution >= 4 is 0 Å². The normalized spacial score (nSPS) is 24.8. The molecule has 100 valence electrons. The molecular formula is C15H23NO2. The second-order valence-corrected chi connectivity index (χ2v) is 5.17. The highest BCUT2D eigenvalue weighted by molar-refractivity contribution is 5.21. The SMILES string of the molecule is OCc1ccc(CNC2CCCCCC2O)cc1. The Morgan fingerprint density at radius 3 is 2.39 bits per heavy atom. The predicted molar refractivity (Wildman–Crippen MR) is 72.1 cm³/mol. The maximum atomic E-state index is 10.0. The van der Waals surface area contributed by atoms with E-state index < -0.39 is 0 Å². The lowest BCUT2D eigenvalue weighted by Gasteiger charge is -2.21. The van der Waals surface area contributed by atoms with Gasteiger partial charge in [-0.1, -0.05) is 43.5 Å². The summed E-state index contributed by atoms with van der Waals surface area (Å²) in [6, 6.07) is 8.18. The summed E-state index contributed by atoms with van der Waals surface area (Å²) in [4.78, 5) is 0. The highest BCUT2D eigenvalue weighted by Crippen LogP contribution is 2.18. The molecule has 0 aromatic heterocycles. The molecule has 1 aromatic carbocycles. The summed E-state index contributed by atoms with van der Waals surface area (Å²) in [7, 11) is 0. The number of aliphatic hydroxyl groups excluding tert-OH is 2. The Morgan fingerprint density at radius 1 is 1.00 bits per heavy atom. The molecule has 3 N–H and O–H groups in total. The van der Waals surface area contributed by atoms with Gasteiger partial charge < -0.3 is 15.5 Å². The van der Waals surface area contributed by atoms with Gasteiger partial charge >= 0.3 is 0 Å². The summed E-state index contributed by atoms with van der Waals surface area (Å²) in [5.41, 5.74) is 2.14. The Morgan fingerprint density at radius 2 is 1.67 bits per heavy atom. The third kappa shape index (κ3) is 3.80. The molecule has 0 spiro atoms. The van der Waals surface area contributed by atoms with Crippen LogP contribution in [0.5, 0.6) is 0 Å². The third-order valence-corrected chi connectivity index (χ3v) is 3.75. The minimum absolute atomic E-state index is 0.0923. The second kappa shape index (κ2) is 6.88. The zero-order valence-corrected chi connectivity index (χ0v) is 10.8. The van der Waals surface area contributed by atoms with Crippen LogP contribution in [0.3, 0.4) is 0 Å². The van der Waals surface area contributed by atoms with Crippen molar-refractivity contribution in [1.29, 1.82) is 0 Å². The van der Waals surface area contributed by atoms with E-state index in [1.807, 2.05) is 24.3 Å². The smallest absolute Gasteiger partial charge is 0.0693 e. The lowest BCUT2D eigenvalue weighted by atomic mass is 10.1. The molecule has 3 heteroatoms. The summed E-state index contributed by atoms with van der Waals surface area (Å²) in [6.07, 6.45) is 5.37. The molecule has 0 bridgehead atoms. The van der Waals surface area contributed by atoms with E-state index >= 15 is 0 Å². The Labute approximate surface area is 109 Å². The maximum absolute atomic E-state index is 10.0. The molecule has 0 aliphatic heterocycles. The van der Waals surface area contributed by atoms with Crippen LogP contribution in [0, 0.1) is 0 Å². The van der Waals surface area contributed by atoms with Gasteiger partial charge in [-0.05, 0) is 24.0 Å².